The molecule has 3 aromatic carbocycles. The Hall–Kier alpha value is -4.30. The number of aryl methyl sites for hydroxylation is 1. The van der Waals surface area contributed by atoms with Gasteiger partial charge in [-0.05, 0) is 74.0 Å². The van der Waals surface area contributed by atoms with Crippen molar-refractivity contribution in [2.45, 2.75) is 40.3 Å². The summed E-state index contributed by atoms with van der Waals surface area (Å²) in [5.41, 5.74) is 2.91. The first-order valence-electron chi connectivity index (χ1n) is 14.4. The van der Waals surface area contributed by atoms with Crippen molar-refractivity contribution in [3.05, 3.63) is 94.6 Å². The first-order valence-corrected chi connectivity index (χ1v) is 14.4. The van der Waals surface area contributed by atoms with E-state index in [4.69, 9.17) is 14.2 Å². The molecule has 3 aromatic rings. The van der Waals surface area contributed by atoms with Gasteiger partial charge in [0, 0.05) is 18.7 Å². The Morgan fingerprint density at radius 2 is 1.67 bits per heavy atom. The average Bonchev–Trinajstić information content (AvgIpc) is 3.26. The molecule has 1 heterocycles. The van der Waals surface area contributed by atoms with E-state index in [0.717, 1.165) is 24.2 Å². The highest BCUT2D eigenvalue weighted by molar-refractivity contribution is 6.46. The molecule has 1 N–H and O–H groups in total. The molecule has 0 aromatic heterocycles. The standard InChI is InChI=1S/C34H40N2O6/c1-6-35(7-2)18-19-36-31(25-14-17-28(29(21-25)40-5)42-22-24-12-10-9-11-13-24)30(33(38)34(36)39)32(37)27-16-15-26(41-8-3)20-23(27)4/h9-17,20-21,31,37H,6-8,18-19,22H2,1-5H3. The number of ketones is 1. The molecule has 1 unspecified atom stereocenters. The van der Waals surface area contributed by atoms with Crippen LogP contribution in [0, 0.1) is 6.92 Å². The number of ether oxygens (including phenoxy) is 3. The summed E-state index contributed by atoms with van der Waals surface area (Å²) in [4.78, 5) is 30.8. The second kappa shape index (κ2) is 14.0. The summed E-state index contributed by atoms with van der Waals surface area (Å²) in [6.07, 6.45) is 0. The Balaban J connectivity index is 1.77. The number of carbonyl (C=O) groups is 2. The average molecular weight is 573 g/mol. The number of likely N-dealkylation sites (tertiary alicyclic amines) is 1. The van der Waals surface area contributed by atoms with Crippen LogP contribution in [0.5, 0.6) is 17.2 Å². The second-order valence-electron chi connectivity index (χ2n) is 10.1. The summed E-state index contributed by atoms with van der Waals surface area (Å²) >= 11 is 0. The highest BCUT2D eigenvalue weighted by Gasteiger charge is 2.46. The number of likely N-dealkylation sites (N-methyl/N-ethyl adjacent to an activating group) is 1. The fraction of sp³-hybridized carbons (Fsp3) is 0.353. The normalized spacial score (nSPS) is 16.2. The Morgan fingerprint density at radius 3 is 2.31 bits per heavy atom. The van der Waals surface area contributed by atoms with E-state index in [1.807, 2.05) is 56.3 Å². The number of nitrogens with zero attached hydrogens (tertiary/aromatic N) is 2. The van der Waals surface area contributed by atoms with Crippen molar-refractivity contribution in [1.82, 2.24) is 9.80 Å². The van der Waals surface area contributed by atoms with Crippen LogP contribution in [0.25, 0.3) is 5.76 Å². The van der Waals surface area contributed by atoms with Gasteiger partial charge in [0.15, 0.2) is 11.5 Å². The van der Waals surface area contributed by atoms with Crippen LogP contribution in [0.1, 0.15) is 49.1 Å². The minimum Gasteiger partial charge on any atom is -0.507 e. The van der Waals surface area contributed by atoms with Gasteiger partial charge < -0.3 is 29.1 Å². The number of benzene rings is 3. The van der Waals surface area contributed by atoms with E-state index in [-0.39, 0.29) is 11.3 Å². The Labute approximate surface area is 248 Å². The lowest BCUT2D eigenvalue weighted by molar-refractivity contribution is -0.140. The Morgan fingerprint density at radius 1 is 0.929 bits per heavy atom. The summed E-state index contributed by atoms with van der Waals surface area (Å²) < 4.78 is 17.3. The molecule has 0 spiro atoms. The summed E-state index contributed by atoms with van der Waals surface area (Å²) in [5.74, 6) is 0.100. The molecule has 0 radical (unpaired) electrons. The monoisotopic (exact) mass is 572 g/mol. The van der Waals surface area contributed by atoms with Crippen molar-refractivity contribution < 1.29 is 28.9 Å². The van der Waals surface area contributed by atoms with Crippen LogP contribution in [-0.4, -0.2) is 66.5 Å². The Kier molecular flexibility index (Phi) is 10.3. The molecule has 1 amide bonds. The van der Waals surface area contributed by atoms with Gasteiger partial charge in [-0.2, -0.15) is 0 Å². The molecule has 0 bridgehead atoms. The maximum atomic E-state index is 13.6. The molecular formula is C34H40N2O6. The van der Waals surface area contributed by atoms with Gasteiger partial charge in [0.05, 0.1) is 25.3 Å². The van der Waals surface area contributed by atoms with Gasteiger partial charge in [-0.1, -0.05) is 50.2 Å². The lowest BCUT2D eigenvalue weighted by Crippen LogP contribution is -2.38. The number of aliphatic hydroxyl groups is 1. The summed E-state index contributed by atoms with van der Waals surface area (Å²) in [7, 11) is 1.55. The number of hydrogen-bond donors (Lipinski definition) is 1. The first-order chi connectivity index (χ1) is 20.3. The number of rotatable bonds is 13. The van der Waals surface area contributed by atoms with Crippen LogP contribution < -0.4 is 14.2 Å². The van der Waals surface area contributed by atoms with Crippen molar-refractivity contribution in [2.75, 3.05) is 39.9 Å². The summed E-state index contributed by atoms with van der Waals surface area (Å²) in [6, 6.07) is 19.7. The molecule has 0 saturated carbocycles. The highest BCUT2D eigenvalue weighted by Crippen LogP contribution is 2.42. The molecular weight excluding hydrogens is 532 g/mol. The predicted octanol–water partition coefficient (Wildman–Crippen LogP) is 5.74. The zero-order valence-corrected chi connectivity index (χ0v) is 25.1. The van der Waals surface area contributed by atoms with E-state index in [2.05, 4.69) is 18.7 Å². The van der Waals surface area contributed by atoms with Crippen molar-refractivity contribution >= 4 is 17.4 Å². The number of carbonyl (C=O) groups excluding carboxylic acids is 2. The van der Waals surface area contributed by atoms with Gasteiger partial charge in [-0.3, -0.25) is 9.59 Å². The second-order valence-corrected chi connectivity index (χ2v) is 10.1. The smallest absolute Gasteiger partial charge is 0.295 e. The van der Waals surface area contributed by atoms with Gasteiger partial charge >= 0.3 is 0 Å². The topological polar surface area (TPSA) is 88.5 Å². The highest BCUT2D eigenvalue weighted by atomic mass is 16.5. The third-order valence-electron chi connectivity index (χ3n) is 7.60. The van der Waals surface area contributed by atoms with Crippen LogP contribution in [0.2, 0.25) is 0 Å². The van der Waals surface area contributed by atoms with Crippen LogP contribution in [0.3, 0.4) is 0 Å². The van der Waals surface area contributed by atoms with E-state index in [0.29, 0.717) is 54.7 Å². The lowest BCUT2D eigenvalue weighted by Gasteiger charge is -2.28. The molecule has 1 saturated heterocycles. The minimum atomic E-state index is -0.802. The summed E-state index contributed by atoms with van der Waals surface area (Å²) in [6.45, 7) is 11.3. The number of aliphatic hydroxyl groups excluding tert-OH is 1. The molecule has 222 valence electrons. The van der Waals surface area contributed by atoms with Crippen molar-refractivity contribution in [2.24, 2.45) is 0 Å². The molecule has 8 nitrogen and oxygen atoms in total. The third-order valence-corrected chi connectivity index (χ3v) is 7.60. The van der Waals surface area contributed by atoms with Crippen molar-refractivity contribution in [3.8, 4) is 17.2 Å². The maximum Gasteiger partial charge on any atom is 0.295 e. The quantitative estimate of drug-likeness (QED) is 0.159. The molecule has 1 atom stereocenters. The molecule has 8 heteroatoms. The Bertz CT molecular complexity index is 1430. The van der Waals surface area contributed by atoms with Gasteiger partial charge in [-0.15, -0.1) is 0 Å². The first kappa shape index (κ1) is 30.7. The molecule has 1 aliphatic heterocycles. The van der Waals surface area contributed by atoms with Crippen LogP contribution in [0.15, 0.2) is 72.3 Å². The molecule has 1 fully saturated rings. The minimum absolute atomic E-state index is 0.0480. The molecule has 0 aliphatic carbocycles. The zero-order valence-electron chi connectivity index (χ0n) is 25.1. The van der Waals surface area contributed by atoms with E-state index < -0.39 is 17.7 Å². The predicted molar refractivity (Wildman–Crippen MR) is 163 cm³/mol. The zero-order chi connectivity index (χ0) is 30.2. The van der Waals surface area contributed by atoms with E-state index >= 15 is 0 Å². The molecule has 1 aliphatic rings. The molecule has 4 rings (SSSR count). The van der Waals surface area contributed by atoms with Crippen LogP contribution in [-0.2, 0) is 16.2 Å². The fourth-order valence-corrected chi connectivity index (χ4v) is 5.26. The van der Waals surface area contributed by atoms with Gasteiger partial charge in [0.25, 0.3) is 11.7 Å². The SMILES string of the molecule is CCOc1ccc(C(O)=C2C(=O)C(=O)N(CCN(CC)CC)C2c2ccc(OCc3ccccc3)c(OC)c2)c(C)c1. The number of methoxy groups -OCH3 is 1. The van der Waals surface area contributed by atoms with Crippen molar-refractivity contribution in [1.29, 1.82) is 0 Å². The van der Waals surface area contributed by atoms with Crippen LogP contribution in [0.4, 0.5) is 0 Å². The van der Waals surface area contributed by atoms with Gasteiger partial charge in [0.1, 0.15) is 18.1 Å². The molecule has 42 heavy (non-hydrogen) atoms. The van der Waals surface area contributed by atoms with Crippen LogP contribution >= 0.6 is 0 Å². The number of amides is 1. The van der Waals surface area contributed by atoms with E-state index in [1.165, 1.54) is 0 Å². The summed E-state index contributed by atoms with van der Waals surface area (Å²) in [5, 5.41) is 11.6. The number of hydrogen-bond acceptors (Lipinski definition) is 7. The van der Waals surface area contributed by atoms with Crippen molar-refractivity contribution in [3.63, 3.8) is 0 Å². The number of Topliss-reactive ketones (excluding diaryl/α,β-unsaturated/α-hetero) is 1. The van der Waals surface area contributed by atoms with Gasteiger partial charge in [0.2, 0.25) is 0 Å². The lowest BCUT2D eigenvalue weighted by atomic mass is 9.93. The van der Waals surface area contributed by atoms with E-state index in [1.54, 1.807) is 36.3 Å². The van der Waals surface area contributed by atoms with Gasteiger partial charge in [-0.25, -0.2) is 0 Å². The fourth-order valence-electron chi connectivity index (χ4n) is 5.26. The third kappa shape index (κ3) is 6.60. The largest absolute Gasteiger partial charge is 0.507 e. The van der Waals surface area contributed by atoms with E-state index in [9.17, 15) is 14.7 Å². The maximum absolute atomic E-state index is 13.6.